The average molecular weight is 727 g/mol. The summed E-state index contributed by atoms with van der Waals surface area (Å²) in [5.74, 6) is 0.833. The van der Waals surface area contributed by atoms with E-state index in [2.05, 4.69) is 103 Å². The quantitative estimate of drug-likeness (QED) is 0.151. The van der Waals surface area contributed by atoms with Crippen LogP contribution in [0.2, 0.25) is 0 Å². The first-order valence-electron chi connectivity index (χ1n) is 18.6. The molecule has 7 aromatic rings. The molecule has 2 aliphatic heterocycles. The van der Waals surface area contributed by atoms with Gasteiger partial charge in [-0.3, -0.25) is 0 Å². The van der Waals surface area contributed by atoms with Gasteiger partial charge in [0.2, 0.25) is 0 Å². The molecule has 0 aliphatic carbocycles. The lowest BCUT2D eigenvalue weighted by molar-refractivity contribution is 0.0697. The number of aromatic nitrogens is 8. The third-order valence-corrected chi connectivity index (χ3v) is 10.6. The highest BCUT2D eigenvalue weighted by Crippen LogP contribution is 2.41. The van der Waals surface area contributed by atoms with Crippen molar-refractivity contribution in [2.45, 2.75) is 78.6 Å². The molecule has 5 heterocycles. The summed E-state index contributed by atoms with van der Waals surface area (Å²) in [6.07, 6.45) is 0. The van der Waals surface area contributed by atoms with E-state index >= 15 is 0 Å². The number of carboxylic acid groups (broad SMARTS) is 1. The van der Waals surface area contributed by atoms with Crippen molar-refractivity contribution in [1.29, 1.82) is 0 Å². The Morgan fingerprint density at radius 3 is 1.38 bits per heavy atom. The molecule has 4 aromatic carbocycles. The minimum Gasteiger partial charge on any atom is -0.478 e. The van der Waals surface area contributed by atoms with Crippen molar-refractivity contribution in [2.24, 2.45) is 0 Å². The fourth-order valence-corrected chi connectivity index (χ4v) is 7.74. The maximum Gasteiger partial charge on any atom is 0.335 e. The Morgan fingerprint density at radius 1 is 0.491 bits per heavy atom. The van der Waals surface area contributed by atoms with Gasteiger partial charge in [-0.05, 0) is 57.2 Å². The van der Waals surface area contributed by atoms with Gasteiger partial charge >= 0.3 is 5.97 Å². The van der Waals surface area contributed by atoms with Crippen molar-refractivity contribution in [1.82, 2.24) is 39.9 Å². The largest absolute Gasteiger partial charge is 0.478 e. The second kappa shape index (κ2) is 11.6. The van der Waals surface area contributed by atoms with E-state index in [1.807, 2.05) is 24.3 Å². The van der Waals surface area contributed by atoms with Crippen LogP contribution in [-0.2, 0) is 16.2 Å². The van der Waals surface area contributed by atoms with Crippen molar-refractivity contribution in [3.63, 3.8) is 0 Å². The SMILES string of the molecule is CC(C)(C)c1ccc2c(c1)-c1nc-2nc2[nH]c(nc3nc(nc4[nH]c(n1)c1c(C(C)(C)C)cccc41)-c1ccc(C(=O)O)cc1-3)c1cccc(C(C)(C)C)c21. The Balaban J connectivity index is 1.52. The number of carboxylic acids is 1. The fraction of sp³-hybridized carbons (Fsp3) is 0.267. The minimum absolute atomic E-state index is 0.104. The molecule has 0 saturated heterocycles. The molecule has 3 aromatic heterocycles. The van der Waals surface area contributed by atoms with Crippen LogP contribution in [0.25, 0.3) is 89.7 Å². The number of benzene rings is 4. The molecule has 10 heteroatoms. The molecule has 0 atom stereocenters. The zero-order valence-electron chi connectivity index (χ0n) is 32.5. The van der Waals surface area contributed by atoms with E-state index in [4.69, 9.17) is 29.9 Å². The van der Waals surface area contributed by atoms with Crippen LogP contribution in [0, 0.1) is 0 Å². The third-order valence-electron chi connectivity index (χ3n) is 10.6. The molecule has 0 unspecified atom stereocenters. The van der Waals surface area contributed by atoms with Gasteiger partial charge in [-0.2, -0.15) is 0 Å². The van der Waals surface area contributed by atoms with Crippen molar-refractivity contribution >= 4 is 50.1 Å². The molecule has 3 N–H and O–H groups in total. The summed E-state index contributed by atoms with van der Waals surface area (Å²) in [4.78, 5) is 50.4. The number of hydrogen-bond acceptors (Lipinski definition) is 7. The molecule has 9 rings (SSSR count). The van der Waals surface area contributed by atoms with Crippen molar-refractivity contribution in [2.75, 3.05) is 0 Å². The van der Waals surface area contributed by atoms with Crippen LogP contribution in [0.4, 0.5) is 0 Å². The predicted molar refractivity (Wildman–Crippen MR) is 219 cm³/mol. The zero-order valence-corrected chi connectivity index (χ0v) is 32.5. The molecule has 8 bridgehead atoms. The van der Waals surface area contributed by atoms with Gasteiger partial charge < -0.3 is 15.1 Å². The smallest absolute Gasteiger partial charge is 0.335 e. The zero-order chi connectivity index (χ0) is 38.8. The minimum atomic E-state index is -1.04. The first-order valence-corrected chi connectivity index (χ1v) is 18.6. The number of nitrogens with one attached hydrogen (secondary N) is 2. The molecule has 0 fully saturated rings. The summed E-state index contributed by atoms with van der Waals surface area (Å²) < 4.78 is 0. The summed E-state index contributed by atoms with van der Waals surface area (Å²) in [6.45, 7) is 19.7. The standard InChI is InChI=1S/C45H42N8O2/c1-43(2,3)23-17-19-25-29(21-23)39-48-35(25)50-40-32-27(13-11-14-30(32)44(4,5)6)37(52-40)49-38-28-20-22(42(54)55)16-18-24(28)34(47-38)46-36-26-12-10-15-31(45(7,8)9)33(26)41(51-36)53-39/h10-21H,1-9H3,(H,54,55)(H2,46,47,48,49,50,51,52,53). The van der Waals surface area contributed by atoms with Crippen LogP contribution in [0.1, 0.15) is 89.4 Å². The molecule has 55 heavy (non-hydrogen) atoms. The number of hydrogen-bond donors (Lipinski definition) is 3. The molecule has 274 valence electrons. The summed E-state index contributed by atoms with van der Waals surface area (Å²) in [6, 6.07) is 23.8. The lowest BCUT2D eigenvalue weighted by Crippen LogP contribution is -2.11. The van der Waals surface area contributed by atoms with Crippen LogP contribution in [0.15, 0.2) is 72.8 Å². The van der Waals surface area contributed by atoms with Crippen molar-refractivity contribution in [3.05, 3.63) is 95.1 Å². The van der Waals surface area contributed by atoms with Gasteiger partial charge in [0.25, 0.3) is 0 Å². The van der Waals surface area contributed by atoms with Gasteiger partial charge in [0.15, 0.2) is 23.3 Å². The van der Waals surface area contributed by atoms with Crippen LogP contribution < -0.4 is 0 Å². The average Bonchev–Trinajstić information content (AvgIpc) is 3.85. The summed E-state index contributed by atoms with van der Waals surface area (Å²) >= 11 is 0. The van der Waals surface area contributed by atoms with Crippen LogP contribution in [0.5, 0.6) is 0 Å². The summed E-state index contributed by atoms with van der Waals surface area (Å²) in [7, 11) is 0. The van der Waals surface area contributed by atoms with Gasteiger partial charge in [0.1, 0.15) is 22.6 Å². The Morgan fingerprint density at radius 2 is 0.927 bits per heavy atom. The lowest BCUT2D eigenvalue weighted by Gasteiger charge is -2.20. The van der Waals surface area contributed by atoms with Crippen molar-refractivity contribution in [3.8, 4) is 45.6 Å². The Kier molecular flexibility index (Phi) is 7.27. The van der Waals surface area contributed by atoms with Crippen LogP contribution >= 0.6 is 0 Å². The monoisotopic (exact) mass is 726 g/mol. The van der Waals surface area contributed by atoms with E-state index in [0.29, 0.717) is 57.0 Å². The van der Waals surface area contributed by atoms with Gasteiger partial charge in [0.05, 0.1) is 5.56 Å². The lowest BCUT2D eigenvalue weighted by atomic mass is 9.84. The van der Waals surface area contributed by atoms with E-state index in [-0.39, 0.29) is 21.8 Å². The highest BCUT2D eigenvalue weighted by Gasteiger charge is 2.28. The van der Waals surface area contributed by atoms with E-state index in [1.54, 1.807) is 18.2 Å². The van der Waals surface area contributed by atoms with Crippen molar-refractivity contribution < 1.29 is 9.90 Å². The van der Waals surface area contributed by atoms with Gasteiger partial charge in [0, 0.05) is 43.8 Å². The first kappa shape index (κ1) is 34.5. The maximum atomic E-state index is 12.2. The number of H-pyrrole nitrogens is 2. The first-order chi connectivity index (χ1) is 26.0. The Labute approximate surface area is 318 Å². The highest BCUT2D eigenvalue weighted by atomic mass is 16.4. The summed E-state index contributed by atoms with van der Waals surface area (Å²) in [5.41, 5.74) is 8.40. The van der Waals surface area contributed by atoms with Crippen LogP contribution in [0.3, 0.4) is 0 Å². The summed E-state index contributed by atoms with van der Waals surface area (Å²) in [5, 5.41) is 13.6. The van der Waals surface area contributed by atoms with E-state index in [1.165, 1.54) is 5.56 Å². The normalized spacial score (nSPS) is 13.0. The molecule has 0 radical (unpaired) electrons. The predicted octanol–water partition coefficient (Wildman–Crippen LogP) is 10.5. The fourth-order valence-electron chi connectivity index (χ4n) is 7.74. The van der Waals surface area contributed by atoms with E-state index in [0.717, 1.165) is 43.8 Å². The van der Waals surface area contributed by atoms with Crippen LogP contribution in [-0.4, -0.2) is 50.9 Å². The second-order valence-electron chi connectivity index (χ2n) is 17.6. The van der Waals surface area contributed by atoms with E-state index < -0.39 is 5.97 Å². The molecule has 0 spiro atoms. The van der Waals surface area contributed by atoms with Gasteiger partial charge in [-0.25, -0.2) is 34.7 Å². The van der Waals surface area contributed by atoms with E-state index in [9.17, 15) is 9.90 Å². The number of fused-ring (bicyclic) bond motifs is 20. The number of nitrogens with zero attached hydrogens (tertiary/aromatic N) is 6. The molecule has 10 nitrogen and oxygen atoms in total. The van der Waals surface area contributed by atoms with Gasteiger partial charge in [-0.15, -0.1) is 0 Å². The third kappa shape index (κ3) is 5.58. The number of carbonyl (C=O) groups is 1. The Bertz CT molecular complexity index is 2970. The molecule has 2 aliphatic rings. The number of aromatic carboxylic acids is 1. The highest BCUT2D eigenvalue weighted by molar-refractivity contribution is 6.09. The Hall–Kier alpha value is -6.29. The number of rotatable bonds is 1. The molecular formula is C45H42N8O2. The maximum absolute atomic E-state index is 12.2. The molecule has 0 amide bonds. The number of aromatic amines is 2. The van der Waals surface area contributed by atoms with Gasteiger partial charge in [-0.1, -0.05) is 111 Å². The second-order valence-corrected chi connectivity index (χ2v) is 17.6. The molecule has 0 saturated carbocycles. The molecular weight excluding hydrogens is 685 g/mol. The topological polar surface area (TPSA) is 146 Å².